The lowest BCUT2D eigenvalue weighted by Crippen LogP contribution is -2.53. The van der Waals surface area contributed by atoms with E-state index in [0.29, 0.717) is 13.2 Å². The van der Waals surface area contributed by atoms with Crippen LogP contribution in [0.25, 0.3) is 0 Å². The summed E-state index contributed by atoms with van der Waals surface area (Å²) in [4.78, 5) is 4.99. The monoisotopic (exact) mass is 374 g/mol. The quantitative estimate of drug-likeness (QED) is 0.637. The fourth-order valence-electron chi connectivity index (χ4n) is 3.62. The van der Waals surface area contributed by atoms with E-state index in [1.165, 1.54) is 0 Å². The van der Waals surface area contributed by atoms with Gasteiger partial charge >= 0.3 is 8.80 Å². The van der Waals surface area contributed by atoms with E-state index >= 15 is 0 Å². The lowest BCUT2D eigenvalue weighted by molar-refractivity contribution is -0.0382. The van der Waals surface area contributed by atoms with Gasteiger partial charge in [-0.05, 0) is 39.8 Å². The van der Waals surface area contributed by atoms with Crippen LogP contribution in [0.15, 0.2) is 0 Å². The molecule has 2 aliphatic rings. The topological polar surface area (TPSA) is 43.4 Å². The van der Waals surface area contributed by atoms with Crippen LogP contribution in [0.5, 0.6) is 0 Å². The van der Waals surface area contributed by atoms with Gasteiger partial charge < -0.3 is 22.9 Å². The Balaban J connectivity index is 2.06. The van der Waals surface area contributed by atoms with Crippen molar-refractivity contribution in [1.29, 1.82) is 0 Å². The molecule has 0 saturated carbocycles. The first kappa shape index (κ1) is 21.3. The van der Waals surface area contributed by atoms with E-state index in [2.05, 4.69) is 30.6 Å². The summed E-state index contributed by atoms with van der Waals surface area (Å²) in [5.74, 6) is 0. The molecule has 6 nitrogen and oxygen atoms in total. The highest BCUT2D eigenvalue weighted by Crippen LogP contribution is 2.26. The normalized spacial score (nSPS) is 32.5. The maximum absolute atomic E-state index is 6.51. The van der Waals surface area contributed by atoms with Crippen LogP contribution < -0.4 is 0 Å². The Hall–Kier alpha value is -0.0231. The minimum absolute atomic E-state index is 0.0421. The van der Waals surface area contributed by atoms with Crippen LogP contribution in [0.1, 0.15) is 40.5 Å². The Morgan fingerprint density at radius 1 is 1.20 bits per heavy atom. The number of fused-ring (bicyclic) bond motifs is 2. The first-order valence-electron chi connectivity index (χ1n) is 10.1. The molecule has 2 rings (SSSR count). The molecule has 2 aliphatic heterocycles. The Morgan fingerprint density at radius 3 is 2.72 bits per heavy atom. The van der Waals surface area contributed by atoms with Crippen molar-refractivity contribution in [3.05, 3.63) is 0 Å². The summed E-state index contributed by atoms with van der Waals surface area (Å²) in [5.41, 5.74) is 0. The molecule has 2 heterocycles. The second-order valence-corrected chi connectivity index (χ2v) is 9.71. The smallest absolute Gasteiger partial charge is 0.379 e. The molecule has 148 valence electrons. The van der Waals surface area contributed by atoms with Crippen molar-refractivity contribution in [2.24, 2.45) is 0 Å². The summed E-state index contributed by atoms with van der Waals surface area (Å²) in [6, 6.07) is 0.862. The summed E-state index contributed by atoms with van der Waals surface area (Å²) < 4.78 is 24.9. The van der Waals surface area contributed by atoms with Crippen molar-refractivity contribution in [2.45, 2.75) is 58.8 Å². The van der Waals surface area contributed by atoms with Crippen molar-refractivity contribution >= 4 is 8.80 Å². The number of rotatable bonds is 7. The van der Waals surface area contributed by atoms with Gasteiger partial charge in [-0.2, -0.15) is 0 Å². The minimum Gasteiger partial charge on any atom is -0.379 e. The Kier molecular flexibility index (Phi) is 9.33. The van der Waals surface area contributed by atoms with E-state index in [1.807, 2.05) is 6.92 Å². The molecular weight excluding hydrogens is 336 g/mol. The predicted octanol–water partition coefficient (Wildman–Crippen LogP) is 2.22. The lowest BCUT2D eigenvalue weighted by Gasteiger charge is -2.36. The fourth-order valence-corrected chi connectivity index (χ4v) is 6.59. The molecule has 0 N–H and O–H groups in total. The van der Waals surface area contributed by atoms with Gasteiger partial charge in [-0.15, -0.1) is 0 Å². The number of ether oxygens (including phenoxy) is 1. The summed E-state index contributed by atoms with van der Waals surface area (Å²) >= 11 is 0. The van der Waals surface area contributed by atoms with E-state index in [0.717, 1.165) is 64.8 Å². The number of likely N-dealkylation sites (N-methyl/N-ethyl adjacent to an activating group) is 1. The number of nitrogens with zero attached hydrogens (tertiary/aromatic N) is 2. The van der Waals surface area contributed by atoms with Crippen LogP contribution in [0.4, 0.5) is 0 Å². The van der Waals surface area contributed by atoms with Gasteiger partial charge in [-0.1, -0.05) is 13.8 Å². The molecule has 2 saturated heterocycles. The van der Waals surface area contributed by atoms with Crippen molar-refractivity contribution < 1.29 is 18.0 Å². The molecule has 0 amide bonds. The third-order valence-corrected chi connectivity index (χ3v) is 8.26. The average molecular weight is 375 g/mol. The van der Waals surface area contributed by atoms with E-state index in [1.54, 1.807) is 0 Å². The molecule has 2 bridgehead atoms. The van der Waals surface area contributed by atoms with Crippen molar-refractivity contribution in [3.8, 4) is 0 Å². The zero-order chi connectivity index (χ0) is 18.1. The summed E-state index contributed by atoms with van der Waals surface area (Å²) in [6.07, 6.45) is 2.20. The van der Waals surface area contributed by atoms with E-state index in [4.69, 9.17) is 18.0 Å². The van der Waals surface area contributed by atoms with Crippen LogP contribution in [0.2, 0.25) is 6.04 Å². The summed E-state index contributed by atoms with van der Waals surface area (Å²) in [7, 11) is -2.60. The minimum atomic E-state index is -2.60. The highest BCUT2D eigenvalue weighted by atomic mass is 28.4. The summed E-state index contributed by atoms with van der Waals surface area (Å²) in [6.45, 7) is 17.0. The lowest BCUT2D eigenvalue weighted by atomic mass is 10.2. The van der Waals surface area contributed by atoms with Crippen LogP contribution in [-0.4, -0.2) is 89.9 Å². The SMILES string of the molecule is CCO[Si]12CCCOCC(CN(CCN(CC)CC)CCC(C)O1)O2. The maximum Gasteiger partial charge on any atom is 0.501 e. The molecule has 2 fully saturated rings. The second kappa shape index (κ2) is 11.0. The van der Waals surface area contributed by atoms with Gasteiger partial charge in [0, 0.05) is 51.5 Å². The largest absolute Gasteiger partial charge is 0.501 e. The molecule has 0 aromatic carbocycles. The molecule has 0 radical (unpaired) electrons. The molecule has 0 spiro atoms. The van der Waals surface area contributed by atoms with Crippen LogP contribution in [0, 0.1) is 0 Å². The predicted molar refractivity (Wildman–Crippen MR) is 102 cm³/mol. The first-order chi connectivity index (χ1) is 12.1. The van der Waals surface area contributed by atoms with Gasteiger partial charge in [0.05, 0.1) is 12.7 Å². The first-order valence-corrected chi connectivity index (χ1v) is 12.1. The maximum atomic E-state index is 6.51. The van der Waals surface area contributed by atoms with E-state index in [-0.39, 0.29) is 12.2 Å². The number of hydrogen-bond acceptors (Lipinski definition) is 6. The van der Waals surface area contributed by atoms with Gasteiger partial charge in [-0.25, -0.2) is 0 Å². The standard InChI is InChI=1S/C18H38N2O4Si/c1-5-19(6-2)11-12-20-10-9-17(4)23-25(22-7-3)14-8-13-21-16-18(15-20)24-25/h17-18H,5-16H2,1-4H3. The van der Waals surface area contributed by atoms with Crippen LogP contribution in [0.3, 0.4) is 0 Å². The second-order valence-electron chi connectivity index (χ2n) is 7.08. The van der Waals surface area contributed by atoms with Crippen molar-refractivity contribution in [2.75, 3.05) is 59.1 Å². The molecule has 0 aromatic rings. The molecule has 7 heteroatoms. The fraction of sp³-hybridized carbons (Fsp3) is 1.00. The Labute approximate surface area is 155 Å². The van der Waals surface area contributed by atoms with E-state index in [9.17, 15) is 0 Å². The zero-order valence-corrected chi connectivity index (χ0v) is 17.7. The average Bonchev–Trinajstić information content (AvgIpc) is 2.64. The van der Waals surface area contributed by atoms with Gasteiger partial charge in [0.15, 0.2) is 0 Å². The molecule has 25 heavy (non-hydrogen) atoms. The highest BCUT2D eigenvalue weighted by molar-refractivity contribution is 6.60. The van der Waals surface area contributed by atoms with E-state index < -0.39 is 8.80 Å². The van der Waals surface area contributed by atoms with Crippen molar-refractivity contribution in [1.82, 2.24) is 9.80 Å². The third kappa shape index (κ3) is 6.90. The molecule has 3 unspecified atom stereocenters. The van der Waals surface area contributed by atoms with Gasteiger partial charge in [0.1, 0.15) is 0 Å². The summed E-state index contributed by atoms with van der Waals surface area (Å²) in [5, 5.41) is 0. The Morgan fingerprint density at radius 2 is 2.00 bits per heavy atom. The Bertz CT molecular complexity index is 373. The van der Waals surface area contributed by atoms with Crippen LogP contribution in [-0.2, 0) is 18.0 Å². The molecule has 3 atom stereocenters. The van der Waals surface area contributed by atoms with Gasteiger partial charge in [0.25, 0.3) is 0 Å². The molecule has 0 aromatic heterocycles. The van der Waals surface area contributed by atoms with Gasteiger partial charge in [-0.3, -0.25) is 4.90 Å². The van der Waals surface area contributed by atoms with Gasteiger partial charge in [0.2, 0.25) is 0 Å². The van der Waals surface area contributed by atoms with Crippen molar-refractivity contribution in [3.63, 3.8) is 0 Å². The van der Waals surface area contributed by atoms with Crippen LogP contribution >= 0.6 is 0 Å². The zero-order valence-electron chi connectivity index (χ0n) is 16.7. The number of hydrogen-bond donors (Lipinski definition) is 0. The molecular formula is C18H38N2O4Si. The highest BCUT2D eigenvalue weighted by Gasteiger charge is 2.46. The molecule has 0 aliphatic carbocycles. The third-order valence-electron chi connectivity index (χ3n) is 5.11.